The van der Waals surface area contributed by atoms with Gasteiger partial charge in [0.1, 0.15) is 11.7 Å². The van der Waals surface area contributed by atoms with Crippen LogP contribution in [-0.2, 0) is 6.54 Å². The van der Waals surface area contributed by atoms with E-state index in [1.54, 1.807) is 0 Å². The molecule has 0 fully saturated rings. The number of aliphatic imine (C=N–C) groups is 1. The van der Waals surface area contributed by atoms with Crippen molar-refractivity contribution in [1.82, 2.24) is 0 Å². The zero-order valence-electron chi connectivity index (χ0n) is 30.9. The molecular weight excluding hydrogens is 661 g/mol. The monoisotopic (exact) mass is 708 g/mol. The molecule has 54 heavy (non-hydrogen) atoms. The highest BCUT2D eigenvalue weighted by atomic mass is 14.9. The van der Waals surface area contributed by atoms with Crippen molar-refractivity contribution in [2.75, 3.05) is 0 Å². The van der Waals surface area contributed by atoms with E-state index in [0.29, 0.717) is 12.4 Å². The minimum absolute atomic E-state index is 0.121. The van der Waals surface area contributed by atoms with E-state index in [1.165, 1.54) is 27.8 Å². The van der Waals surface area contributed by atoms with E-state index in [4.69, 9.17) is 28.0 Å². The molecule has 0 spiro atoms. The molecule has 8 N–H and O–H groups in total. The molecule has 0 amide bonds. The summed E-state index contributed by atoms with van der Waals surface area (Å²) in [4.78, 5) is 4.20. The number of nitrogens with one attached hydrogen (secondary N) is 2. The van der Waals surface area contributed by atoms with Crippen LogP contribution >= 0.6 is 0 Å². The van der Waals surface area contributed by atoms with E-state index in [-0.39, 0.29) is 11.7 Å². The Morgan fingerprint density at radius 1 is 0.444 bits per heavy atom. The molecule has 0 radical (unpaired) electrons. The number of hydrogen-bond donors (Lipinski definition) is 5. The molecule has 7 aromatic rings. The van der Waals surface area contributed by atoms with Crippen molar-refractivity contribution in [3.05, 3.63) is 228 Å². The molecule has 0 aliphatic rings. The number of nitrogens with zero attached hydrogens (tertiary/aromatic N) is 1. The first-order valence-electron chi connectivity index (χ1n) is 17.6. The fraction of sp³-hybridized carbons (Fsp3) is 0.0625. The first-order valence-corrected chi connectivity index (χ1v) is 17.6. The van der Waals surface area contributed by atoms with Crippen molar-refractivity contribution in [1.29, 1.82) is 10.8 Å². The van der Waals surface area contributed by atoms with Gasteiger partial charge in [0.05, 0.1) is 0 Å². The molecule has 0 aliphatic heterocycles. The third kappa shape index (κ3) is 13.3. The molecule has 6 nitrogen and oxygen atoms in total. The second-order valence-electron chi connectivity index (χ2n) is 12.4. The quantitative estimate of drug-likeness (QED) is 0.0868. The molecule has 270 valence electrons. The molecule has 0 aromatic heterocycles. The molecule has 0 heterocycles. The lowest BCUT2D eigenvalue weighted by Gasteiger charge is -2.05. The molecule has 0 aliphatic carbocycles. The SMILES string of the molecule is Cc1cccc(-c2cccc(C)c2)c1.N=C(N)c1ccccc1.N=C(N=C(N)c1ccc(-c2ccccc2)cc1)c1ccccc1.NCc1ccccc1. The van der Waals surface area contributed by atoms with Gasteiger partial charge in [0.2, 0.25) is 0 Å². The van der Waals surface area contributed by atoms with Crippen molar-refractivity contribution in [2.24, 2.45) is 22.2 Å². The fourth-order valence-electron chi connectivity index (χ4n) is 5.19. The van der Waals surface area contributed by atoms with Crippen molar-refractivity contribution < 1.29 is 0 Å². The smallest absolute Gasteiger partial charge is 0.154 e. The predicted octanol–water partition coefficient (Wildman–Crippen LogP) is 10.2. The van der Waals surface area contributed by atoms with Gasteiger partial charge in [0, 0.05) is 23.2 Å². The number of rotatable bonds is 6. The van der Waals surface area contributed by atoms with Crippen LogP contribution in [0.4, 0.5) is 0 Å². The highest BCUT2D eigenvalue weighted by molar-refractivity contribution is 6.09. The van der Waals surface area contributed by atoms with Gasteiger partial charge in [-0.2, -0.15) is 0 Å². The van der Waals surface area contributed by atoms with Crippen LogP contribution in [0.5, 0.6) is 0 Å². The number of nitrogen functional groups attached to an aromatic ring is 1. The van der Waals surface area contributed by atoms with E-state index < -0.39 is 0 Å². The molecule has 0 unspecified atom stereocenters. The van der Waals surface area contributed by atoms with Gasteiger partial charge < -0.3 is 17.2 Å². The van der Waals surface area contributed by atoms with Crippen molar-refractivity contribution >= 4 is 17.5 Å². The second kappa shape index (κ2) is 21.5. The number of hydrogen-bond acceptors (Lipinski definition) is 3. The molecular formula is C48H48N6. The summed E-state index contributed by atoms with van der Waals surface area (Å²) in [6.07, 6.45) is 0. The zero-order chi connectivity index (χ0) is 38.5. The van der Waals surface area contributed by atoms with Gasteiger partial charge in [-0.3, -0.25) is 10.8 Å². The van der Waals surface area contributed by atoms with E-state index in [2.05, 4.69) is 79.5 Å². The Morgan fingerprint density at radius 2 is 0.852 bits per heavy atom. The maximum atomic E-state index is 8.02. The summed E-state index contributed by atoms with van der Waals surface area (Å²) in [6.45, 7) is 4.89. The summed E-state index contributed by atoms with van der Waals surface area (Å²) in [5.74, 6) is 0.629. The minimum Gasteiger partial charge on any atom is -0.384 e. The summed E-state index contributed by atoms with van der Waals surface area (Å²) < 4.78 is 0. The van der Waals surface area contributed by atoms with Crippen LogP contribution in [0.3, 0.4) is 0 Å². The predicted molar refractivity (Wildman–Crippen MR) is 229 cm³/mol. The van der Waals surface area contributed by atoms with Crippen LogP contribution in [0.2, 0.25) is 0 Å². The Morgan fingerprint density at radius 3 is 1.26 bits per heavy atom. The van der Waals surface area contributed by atoms with Crippen molar-refractivity contribution in [2.45, 2.75) is 20.4 Å². The number of nitrogens with two attached hydrogens (primary N) is 3. The molecule has 0 saturated heterocycles. The van der Waals surface area contributed by atoms with E-state index in [0.717, 1.165) is 27.8 Å². The van der Waals surface area contributed by atoms with Crippen LogP contribution in [-0.4, -0.2) is 17.5 Å². The summed E-state index contributed by atoms with van der Waals surface area (Å²) in [7, 11) is 0. The van der Waals surface area contributed by atoms with Gasteiger partial charge in [0.25, 0.3) is 0 Å². The van der Waals surface area contributed by atoms with Crippen molar-refractivity contribution in [3.63, 3.8) is 0 Å². The number of aryl methyl sites for hydroxylation is 2. The van der Waals surface area contributed by atoms with Crippen LogP contribution < -0.4 is 17.2 Å². The van der Waals surface area contributed by atoms with Gasteiger partial charge >= 0.3 is 0 Å². The summed E-state index contributed by atoms with van der Waals surface area (Å²) in [6, 6.07) is 63.8. The third-order valence-corrected chi connectivity index (χ3v) is 8.10. The molecule has 0 bridgehead atoms. The topological polar surface area (TPSA) is 138 Å². The average Bonchev–Trinajstić information content (AvgIpc) is 3.23. The Bertz CT molecular complexity index is 2150. The maximum Gasteiger partial charge on any atom is 0.154 e. The van der Waals surface area contributed by atoms with Crippen LogP contribution in [0.25, 0.3) is 22.3 Å². The minimum atomic E-state index is 0.121. The van der Waals surface area contributed by atoms with Crippen LogP contribution in [0.1, 0.15) is 33.4 Å². The molecule has 6 heteroatoms. The van der Waals surface area contributed by atoms with Gasteiger partial charge in [-0.15, -0.1) is 0 Å². The Balaban J connectivity index is 0.000000177. The zero-order valence-corrected chi connectivity index (χ0v) is 30.9. The fourth-order valence-corrected chi connectivity index (χ4v) is 5.19. The van der Waals surface area contributed by atoms with E-state index >= 15 is 0 Å². The van der Waals surface area contributed by atoms with Crippen LogP contribution in [0.15, 0.2) is 199 Å². The summed E-state index contributed by atoms with van der Waals surface area (Å²) in [5.41, 5.74) is 27.6. The Hall–Kier alpha value is -6.89. The summed E-state index contributed by atoms with van der Waals surface area (Å²) >= 11 is 0. The van der Waals surface area contributed by atoms with Gasteiger partial charge in [-0.1, -0.05) is 205 Å². The maximum absolute atomic E-state index is 8.02. The molecule has 7 aromatic carbocycles. The Kier molecular flexibility index (Phi) is 15.9. The standard InChI is InChI=1S/C20H17N3.C14H14.C7H8N2.C7H9N/c21-19(17-9-5-2-6-10-17)23-20(22)18-13-11-16(12-14-18)15-7-3-1-4-8-15;1-11-5-3-7-13(9-11)14-8-4-6-12(2)10-14;8-7(9)6-4-2-1-3-5-6;8-6-7-4-2-1-3-5-7/h1-14H,(H3,21,22,23);3-10H,1-2H3;1-5H,(H3,8,9);1-5H,6,8H2. The van der Waals surface area contributed by atoms with Crippen LogP contribution in [0, 0.1) is 24.7 Å². The largest absolute Gasteiger partial charge is 0.384 e. The first kappa shape index (κ1) is 39.9. The van der Waals surface area contributed by atoms with Gasteiger partial charge in [0.15, 0.2) is 5.84 Å². The highest BCUT2D eigenvalue weighted by Crippen LogP contribution is 2.21. The Labute approximate surface area is 319 Å². The van der Waals surface area contributed by atoms with Gasteiger partial charge in [-0.25, -0.2) is 4.99 Å². The van der Waals surface area contributed by atoms with E-state index in [1.807, 2.05) is 133 Å². The van der Waals surface area contributed by atoms with Crippen molar-refractivity contribution in [3.8, 4) is 22.3 Å². The lowest BCUT2D eigenvalue weighted by molar-refractivity contribution is 1.07. The summed E-state index contributed by atoms with van der Waals surface area (Å²) in [5, 5.41) is 15.0. The number of amidine groups is 3. The van der Waals surface area contributed by atoms with E-state index in [9.17, 15) is 0 Å². The lowest BCUT2D eigenvalue weighted by Crippen LogP contribution is -2.15. The second-order valence-corrected chi connectivity index (χ2v) is 12.4. The highest BCUT2D eigenvalue weighted by Gasteiger charge is 2.04. The number of benzene rings is 7. The molecule has 7 rings (SSSR count). The third-order valence-electron chi connectivity index (χ3n) is 8.10. The molecule has 0 saturated carbocycles. The molecule has 0 atom stereocenters. The normalized spacial score (nSPS) is 10.2. The van der Waals surface area contributed by atoms with Gasteiger partial charge in [-0.05, 0) is 41.7 Å². The first-order chi connectivity index (χ1) is 26.2. The average molecular weight is 709 g/mol. The lowest BCUT2D eigenvalue weighted by atomic mass is 10.0.